The summed E-state index contributed by atoms with van der Waals surface area (Å²) in [5.41, 5.74) is 0.611. The molecule has 7 nitrogen and oxygen atoms in total. The Balaban J connectivity index is 2.78. The van der Waals surface area contributed by atoms with Crippen molar-refractivity contribution in [3.05, 3.63) is 35.9 Å². The summed E-state index contributed by atoms with van der Waals surface area (Å²) in [5, 5.41) is 11.7. The molecule has 0 aliphatic carbocycles. The summed E-state index contributed by atoms with van der Waals surface area (Å²) in [6, 6.07) is 7.53. The number of aliphatic carboxylic acids is 1. The number of carbonyl (C=O) groups is 3. The summed E-state index contributed by atoms with van der Waals surface area (Å²) < 4.78 is 10.0. The van der Waals surface area contributed by atoms with Gasteiger partial charge in [0.15, 0.2) is 6.10 Å². The number of esters is 1. The molecular formula is C17H23NO6. The lowest BCUT2D eigenvalue weighted by Crippen LogP contribution is -2.45. The molecule has 3 atom stereocenters. The standard InChI is InChI=1S/C17H23NO6/c1-4-24-17(22)11(2)10-13(16(20)21)18-15(19)14(23-3)12-8-6-5-7-9-12/h5-9,11,13-14H,4,10H2,1-3H3,(H,18,19)(H,20,21)/t11-,13+,14-/m1/s1. The fourth-order valence-electron chi connectivity index (χ4n) is 2.23. The topological polar surface area (TPSA) is 102 Å². The summed E-state index contributed by atoms with van der Waals surface area (Å²) in [7, 11) is 1.37. The maximum Gasteiger partial charge on any atom is 0.326 e. The van der Waals surface area contributed by atoms with Gasteiger partial charge in [-0.05, 0) is 18.9 Å². The van der Waals surface area contributed by atoms with Crippen LogP contribution >= 0.6 is 0 Å². The molecule has 0 aromatic heterocycles. The second-order valence-corrected chi connectivity index (χ2v) is 5.31. The number of benzene rings is 1. The van der Waals surface area contributed by atoms with Gasteiger partial charge in [-0.1, -0.05) is 37.3 Å². The smallest absolute Gasteiger partial charge is 0.326 e. The minimum absolute atomic E-state index is 0.0644. The monoisotopic (exact) mass is 337 g/mol. The van der Waals surface area contributed by atoms with Gasteiger partial charge in [-0.15, -0.1) is 0 Å². The molecule has 0 aliphatic heterocycles. The number of carboxylic acids is 1. The van der Waals surface area contributed by atoms with Crippen LogP contribution in [0.25, 0.3) is 0 Å². The molecule has 0 bridgehead atoms. The van der Waals surface area contributed by atoms with Crippen molar-refractivity contribution < 1.29 is 29.0 Å². The molecular weight excluding hydrogens is 314 g/mol. The molecule has 0 fully saturated rings. The van der Waals surface area contributed by atoms with Gasteiger partial charge in [0.2, 0.25) is 0 Å². The van der Waals surface area contributed by atoms with Crippen LogP contribution in [-0.2, 0) is 23.9 Å². The summed E-state index contributed by atoms with van der Waals surface area (Å²) in [4.78, 5) is 35.4. The van der Waals surface area contributed by atoms with Gasteiger partial charge in [0.1, 0.15) is 6.04 Å². The number of ether oxygens (including phenoxy) is 2. The SMILES string of the molecule is CCOC(=O)[C@H](C)C[C@H](NC(=O)[C@H](OC)c1ccccc1)C(=O)O. The van der Waals surface area contributed by atoms with E-state index in [-0.39, 0.29) is 13.0 Å². The Morgan fingerprint density at radius 3 is 2.33 bits per heavy atom. The Morgan fingerprint density at radius 1 is 1.21 bits per heavy atom. The average Bonchev–Trinajstić information content (AvgIpc) is 2.55. The summed E-state index contributed by atoms with van der Waals surface area (Å²) in [5.74, 6) is -2.94. The third-order valence-corrected chi connectivity index (χ3v) is 3.47. The molecule has 0 spiro atoms. The largest absolute Gasteiger partial charge is 0.480 e. The lowest BCUT2D eigenvalue weighted by atomic mass is 10.0. The second-order valence-electron chi connectivity index (χ2n) is 5.31. The molecule has 1 aromatic rings. The van der Waals surface area contributed by atoms with Crippen LogP contribution in [0.15, 0.2) is 30.3 Å². The normalized spacial score (nSPS) is 14.3. The predicted octanol–water partition coefficient (Wildman–Crippen LogP) is 1.53. The van der Waals surface area contributed by atoms with Crippen molar-refractivity contribution in [2.45, 2.75) is 32.4 Å². The highest BCUT2D eigenvalue weighted by Crippen LogP contribution is 2.17. The molecule has 0 unspecified atom stereocenters. The first-order valence-corrected chi connectivity index (χ1v) is 7.68. The molecule has 0 aliphatic rings. The first-order valence-electron chi connectivity index (χ1n) is 7.68. The van der Waals surface area contributed by atoms with E-state index in [4.69, 9.17) is 9.47 Å². The Labute approximate surface area is 141 Å². The number of hydrogen-bond donors (Lipinski definition) is 2. The maximum atomic E-state index is 12.4. The highest BCUT2D eigenvalue weighted by Gasteiger charge is 2.29. The number of rotatable bonds is 9. The van der Waals surface area contributed by atoms with Crippen molar-refractivity contribution in [1.29, 1.82) is 0 Å². The highest BCUT2D eigenvalue weighted by molar-refractivity contribution is 5.87. The molecule has 0 saturated carbocycles. The third kappa shape index (κ3) is 5.66. The van der Waals surface area contributed by atoms with Gasteiger partial charge in [0.05, 0.1) is 12.5 Å². The van der Waals surface area contributed by atoms with Crippen LogP contribution in [0.4, 0.5) is 0 Å². The van der Waals surface area contributed by atoms with E-state index in [1.54, 1.807) is 44.2 Å². The van der Waals surface area contributed by atoms with Gasteiger partial charge in [0, 0.05) is 7.11 Å². The number of methoxy groups -OCH3 is 1. The Kier molecular flexibility index (Phi) is 7.91. The Bertz CT molecular complexity index is 559. The Morgan fingerprint density at radius 2 is 1.83 bits per heavy atom. The van der Waals surface area contributed by atoms with Crippen molar-refractivity contribution in [3.63, 3.8) is 0 Å². The van der Waals surface area contributed by atoms with Gasteiger partial charge in [-0.2, -0.15) is 0 Å². The van der Waals surface area contributed by atoms with Crippen LogP contribution in [0.2, 0.25) is 0 Å². The van der Waals surface area contributed by atoms with Gasteiger partial charge < -0.3 is 19.9 Å². The summed E-state index contributed by atoms with van der Waals surface area (Å²) >= 11 is 0. The second kappa shape index (κ2) is 9.67. The molecule has 1 rings (SSSR count). The van der Waals surface area contributed by atoms with Gasteiger partial charge in [-0.25, -0.2) is 4.79 Å². The first kappa shape index (κ1) is 19.6. The van der Waals surface area contributed by atoms with Crippen molar-refractivity contribution >= 4 is 17.8 Å². The average molecular weight is 337 g/mol. The fraction of sp³-hybridized carbons (Fsp3) is 0.471. The van der Waals surface area contributed by atoms with E-state index < -0.39 is 35.9 Å². The van der Waals surface area contributed by atoms with E-state index in [0.29, 0.717) is 5.56 Å². The molecule has 0 radical (unpaired) electrons. The summed E-state index contributed by atoms with van der Waals surface area (Å²) in [6.45, 7) is 3.45. The molecule has 7 heteroatoms. The molecule has 2 N–H and O–H groups in total. The zero-order chi connectivity index (χ0) is 18.1. The third-order valence-electron chi connectivity index (χ3n) is 3.47. The van der Waals surface area contributed by atoms with Gasteiger partial charge in [-0.3, -0.25) is 9.59 Å². The molecule has 0 saturated heterocycles. The number of carbonyl (C=O) groups excluding carboxylic acids is 2. The minimum Gasteiger partial charge on any atom is -0.480 e. The van der Waals surface area contributed by atoms with Crippen LogP contribution in [-0.4, -0.2) is 42.7 Å². The predicted molar refractivity (Wildman–Crippen MR) is 86.2 cm³/mol. The fourth-order valence-corrected chi connectivity index (χ4v) is 2.23. The van der Waals surface area contributed by atoms with Crippen LogP contribution in [0.5, 0.6) is 0 Å². The van der Waals surface area contributed by atoms with E-state index in [2.05, 4.69) is 5.32 Å². The van der Waals surface area contributed by atoms with Crippen molar-refractivity contribution in [2.75, 3.05) is 13.7 Å². The summed E-state index contributed by atoms with van der Waals surface area (Å²) in [6.07, 6.45) is -0.989. The van der Waals surface area contributed by atoms with Gasteiger partial charge >= 0.3 is 11.9 Å². The zero-order valence-electron chi connectivity index (χ0n) is 14.0. The molecule has 1 aromatic carbocycles. The molecule has 1 amide bonds. The van der Waals surface area contributed by atoms with Crippen molar-refractivity contribution in [1.82, 2.24) is 5.32 Å². The number of nitrogens with one attached hydrogen (secondary N) is 1. The van der Waals surface area contributed by atoms with E-state index in [0.717, 1.165) is 0 Å². The van der Waals surface area contributed by atoms with Crippen molar-refractivity contribution in [2.24, 2.45) is 5.92 Å². The Hall–Kier alpha value is -2.41. The first-order chi connectivity index (χ1) is 11.4. The molecule has 24 heavy (non-hydrogen) atoms. The lowest BCUT2D eigenvalue weighted by molar-refractivity contribution is -0.150. The molecule has 0 heterocycles. The highest BCUT2D eigenvalue weighted by atomic mass is 16.5. The van der Waals surface area contributed by atoms with E-state index >= 15 is 0 Å². The van der Waals surface area contributed by atoms with Crippen LogP contribution in [0.1, 0.15) is 31.9 Å². The van der Waals surface area contributed by atoms with E-state index in [1.807, 2.05) is 0 Å². The minimum atomic E-state index is -1.22. The molecule has 132 valence electrons. The van der Waals surface area contributed by atoms with Crippen LogP contribution in [0, 0.1) is 5.92 Å². The number of carboxylic acid groups (broad SMARTS) is 1. The lowest BCUT2D eigenvalue weighted by Gasteiger charge is -2.21. The number of amides is 1. The van der Waals surface area contributed by atoms with Crippen LogP contribution in [0.3, 0.4) is 0 Å². The zero-order valence-corrected chi connectivity index (χ0v) is 14.0. The maximum absolute atomic E-state index is 12.4. The quantitative estimate of drug-likeness (QED) is 0.663. The van der Waals surface area contributed by atoms with Crippen molar-refractivity contribution in [3.8, 4) is 0 Å². The van der Waals surface area contributed by atoms with Crippen LogP contribution < -0.4 is 5.32 Å². The number of hydrogen-bond acceptors (Lipinski definition) is 5. The van der Waals surface area contributed by atoms with E-state index in [1.165, 1.54) is 7.11 Å². The van der Waals surface area contributed by atoms with E-state index in [9.17, 15) is 19.5 Å². The van der Waals surface area contributed by atoms with Gasteiger partial charge in [0.25, 0.3) is 5.91 Å².